The fourth-order valence-electron chi connectivity index (χ4n) is 3.02. The van der Waals surface area contributed by atoms with Crippen LogP contribution in [-0.4, -0.2) is 53.6 Å². The van der Waals surface area contributed by atoms with Crippen LogP contribution >= 0.6 is 11.8 Å². The summed E-state index contributed by atoms with van der Waals surface area (Å²) in [4.78, 5) is 30.3. The van der Waals surface area contributed by atoms with E-state index in [1.165, 1.54) is 24.6 Å². The van der Waals surface area contributed by atoms with Crippen LogP contribution in [-0.2, 0) is 4.79 Å². The number of likely N-dealkylation sites (tertiary alicyclic amines) is 1. The minimum absolute atomic E-state index is 0.0546. The molecule has 1 unspecified atom stereocenters. The predicted molar refractivity (Wildman–Crippen MR) is 90.8 cm³/mol. The SMILES string of the molecule is CC1CCCN(CCNC(=O)c2cnc3c(c2)NC(=O)CS3)C1. The molecule has 2 N–H and O–H groups in total. The first-order valence-corrected chi connectivity index (χ1v) is 9.03. The molecule has 124 valence electrons. The summed E-state index contributed by atoms with van der Waals surface area (Å²) in [5, 5.41) is 6.46. The highest BCUT2D eigenvalue weighted by Crippen LogP contribution is 2.29. The Bertz CT molecular complexity index is 608. The van der Waals surface area contributed by atoms with E-state index in [0.29, 0.717) is 23.5 Å². The standard InChI is InChI=1S/C16H22N4O2S/c1-11-3-2-5-20(9-11)6-4-17-15(22)12-7-13-16(18-8-12)23-10-14(21)19-13/h7-8,11H,2-6,9-10H2,1H3,(H,17,22)(H,19,21). The molecular formula is C16H22N4O2S. The van der Waals surface area contributed by atoms with Gasteiger partial charge in [0.25, 0.3) is 5.91 Å². The molecule has 0 saturated carbocycles. The number of nitrogens with zero attached hydrogens (tertiary/aromatic N) is 2. The molecule has 6 nitrogen and oxygen atoms in total. The maximum absolute atomic E-state index is 12.2. The van der Waals surface area contributed by atoms with E-state index in [2.05, 4.69) is 27.4 Å². The van der Waals surface area contributed by atoms with Crippen molar-refractivity contribution >= 4 is 29.3 Å². The van der Waals surface area contributed by atoms with E-state index in [0.717, 1.165) is 30.6 Å². The summed E-state index contributed by atoms with van der Waals surface area (Å²) in [6, 6.07) is 1.70. The van der Waals surface area contributed by atoms with Crippen molar-refractivity contribution in [1.82, 2.24) is 15.2 Å². The number of fused-ring (bicyclic) bond motifs is 1. The zero-order chi connectivity index (χ0) is 16.2. The van der Waals surface area contributed by atoms with Crippen molar-refractivity contribution in [2.45, 2.75) is 24.8 Å². The molecule has 3 heterocycles. The van der Waals surface area contributed by atoms with Gasteiger partial charge in [-0.3, -0.25) is 9.59 Å². The van der Waals surface area contributed by atoms with E-state index in [9.17, 15) is 9.59 Å². The Morgan fingerprint density at radius 1 is 1.57 bits per heavy atom. The summed E-state index contributed by atoms with van der Waals surface area (Å²) in [6.07, 6.45) is 4.11. The molecule has 2 aliphatic rings. The maximum atomic E-state index is 12.2. The molecule has 0 aliphatic carbocycles. The number of hydrogen-bond donors (Lipinski definition) is 2. The monoisotopic (exact) mass is 334 g/mol. The van der Waals surface area contributed by atoms with Gasteiger partial charge in [-0.1, -0.05) is 18.7 Å². The Hall–Kier alpha value is -1.60. The van der Waals surface area contributed by atoms with Crippen molar-refractivity contribution in [2.24, 2.45) is 5.92 Å². The van der Waals surface area contributed by atoms with Crippen LogP contribution in [0, 0.1) is 5.92 Å². The lowest BCUT2D eigenvalue weighted by Crippen LogP contribution is -2.40. The highest BCUT2D eigenvalue weighted by Gasteiger charge is 2.19. The van der Waals surface area contributed by atoms with E-state index < -0.39 is 0 Å². The van der Waals surface area contributed by atoms with Crippen molar-refractivity contribution in [1.29, 1.82) is 0 Å². The maximum Gasteiger partial charge on any atom is 0.252 e. The molecule has 23 heavy (non-hydrogen) atoms. The van der Waals surface area contributed by atoms with Gasteiger partial charge in [-0.05, 0) is 31.4 Å². The third kappa shape index (κ3) is 4.23. The van der Waals surface area contributed by atoms with Gasteiger partial charge in [0.05, 0.1) is 17.0 Å². The topological polar surface area (TPSA) is 74.3 Å². The Kier molecular flexibility index (Phi) is 5.17. The lowest BCUT2D eigenvalue weighted by Gasteiger charge is -2.30. The van der Waals surface area contributed by atoms with Crippen molar-refractivity contribution in [3.8, 4) is 0 Å². The normalized spacial score (nSPS) is 21.4. The first-order valence-electron chi connectivity index (χ1n) is 8.05. The van der Waals surface area contributed by atoms with Crippen LogP contribution < -0.4 is 10.6 Å². The summed E-state index contributed by atoms with van der Waals surface area (Å²) in [7, 11) is 0. The van der Waals surface area contributed by atoms with Gasteiger partial charge in [0.15, 0.2) is 0 Å². The Labute approximate surface area is 140 Å². The molecule has 0 spiro atoms. The number of amides is 2. The Morgan fingerprint density at radius 3 is 3.26 bits per heavy atom. The molecule has 3 rings (SSSR count). The molecule has 1 fully saturated rings. The summed E-state index contributed by atoms with van der Waals surface area (Å²) >= 11 is 1.39. The second-order valence-electron chi connectivity index (χ2n) is 6.22. The molecular weight excluding hydrogens is 312 g/mol. The first kappa shape index (κ1) is 16.3. The van der Waals surface area contributed by atoms with Crippen LogP contribution in [0.4, 0.5) is 5.69 Å². The van der Waals surface area contributed by atoms with Crippen molar-refractivity contribution in [3.05, 3.63) is 17.8 Å². The molecule has 1 aromatic heterocycles. The average Bonchev–Trinajstić information content (AvgIpc) is 2.54. The zero-order valence-electron chi connectivity index (χ0n) is 13.3. The number of carbonyl (C=O) groups excluding carboxylic acids is 2. The zero-order valence-corrected chi connectivity index (χ0v) is 14.1. The number of anilines is 1. The predicted octanol–water partition coefficient (Wildman–Crippen LogP) is 1.59. The number of aromatic nitrogens is 1. The van der Waals surface area contributed by atoms with Crippen LogP contribution in [0.3, 0.4) is 0 Å². The number of carbonyl (C=O) groups is 2. The minimum atomic E-state index is -0.143. The van der Waals surface area contributed by atoms with Crippen LogP contribution in [0.25, 0.3) is 0 Å². The molecule has 0 aromatic carbocycles. The highest BCUT2D eigenvalue weighted by atomic mass is 32.2. The van der Waals surface area contributed by atoms with Gasteiger partial charge in [0, 0.05) is 25.8 Å². The van der Waals surface area contributed by atoms with E-state index in [-0.39, 0.29) is 11.8 Å². The molecule has 2 amide bonds. The quantitative estimate of drug-likeness (QED) is 0.875. The lowest BCUT2D eigenvalue weighted by atomic mass is 10.0. The van der Waals surface area contributed by atoms with Gasteiger partial charge in [-0.2, -0.15) is 0 Å². The Balaban J connectivity index is 1.52. The average molecular weight is 334 g/mol. The van der Waals surface area contributed by atoms with Crippen LogP contribution in [0.5, 0.6) is 0 Å². The Morgan fingerprint density at radius 2 is 2.43 bits per heavy atom. The van der Waals surface area contributed by atoms with Crippen LogP contribution in [0.1, 0.15) is 30.1 Å². The van der Waals surface area contributed by atoms with Gasteiger partial charge < -0.3 is 15.5 Å². The van der Waals surface area contributed by atoms with E-state index >= 15 is 0 Å². The summed E-state index contributed by atoms with van der Waals surface area (Å²) < 4.78 is 0. The van der Waals surface area contributed by atoms with Crippen molar-refractivity contribution in [2.75, 3.05) is 37.2 Å². The largest absolute Gasteiger partial charge is 0.351 e. The van der Waals surface area contributed by atoms with E-state index in [4.69, 9.17) is 0 Å². The molecule has 1 atom stereocenters. The third-order valence-electron chi connectivity index (χ3n) is 4.18. The van der Waals surface area contributed by atoms with Crippen molar-refractivity contribution in [3.63, 3.8) is 0 Å². The van der Waals surface area contributed by atoms with Gasteiger partial charge in [-0.25, -0.2) is 4.98 Å². The molecule has 1 aromatic rings. The fourth-order valence-corrected chi connectivity index (χ4v) is 3.75. The number of thioether (sulfide) groups is 1. The number of rotatable bonds is 4. The second kappa shape index (κ2) is 7.31. The van der Waals surface area contributed by atoms with E-state index in [1.807, 2.05) is 0 Å². The minimum Gasteiger partial charge on any atom is -0.351 e. The fraction of sp³-hybridized carbons (Fsp3) is 0.562. The molecule has 2 aliphatic heterocycles. The van der Waals surface area contributed by atoms with Crippen molar-refractivity contribution < 1.29 is 9.59 Å². The van der Waals surface area contributed by atoms with Gasteiger partial charge in [0.2, 0.25) is 5.91 Å². The summed E-state index contributed by atoms with van der Waals surface area (Å²) in [5.41, 5.74) is 1.11. The molecule has 1 saturated heterocycles. The molecule has 7 heteroatoms. The number of nitrogens with one attached hydrogen (secondary N) is 2. The number of piperidine rings is 1. The van der Waals surface area contributed by atoms with Gasteiger partial charge in [0.1, 0.15) is 5.03 Å². The summed E-state index contributed by atoms with van der Waals surface area (Å²) in [6.45, 7) is 6.00. The van der Waals surface area contributed by atoms with E-state index in [1.54, 1.807) is 12.3 Å². The van der Waals surface area contributed by atoms with Gasteiger partial charge in [-0.15, -0.1) is 0 Å². The van der Waals surface area contributed by atoms with Crippen LogP contribution in [0.2, 0.25) is 0 Å². The first-order chi connectivity index (χ1) is 11.1. The second-order valence-corrected chi connectivity index (χ2v) is 7.18. The summed E-state index contributed by atoms with van der Waals surface area (Å²) in [5.74, 6) is 0.918. The smallest absolute Gasteiger partial charge is 0.252 e. The number of pyridine rings is 1. The van der Waals surface area contributed by atoms with Crippen LogP contribution in [0.15, 0.2) is 17.3 Å². The highest BCUT2D eigenvalue weighted by molar-refractivity contribution is 8.00. The molecule has 0 bridgehead atoms. The lowest BCUT2D eigenvalue weighted by molar-refractivity contribution is -0.113. The van der Waals surface area contributed by atoms with Gasteiger partial charge >= 0.3 is 0 Å². The number of hydrogen-bond acceptors (Lipinski definition) is 5. The third-order valence-corrected chi connectivity index (χ3v) is 5.19. The molecule has 0 radical (unpaired) electrons.